The average molecular weight is 387 g/mol. The van der Waals surface area contributed by atoms with E-state index in [9.17, 15) is 4.79 Å². The molecule has 0 saturated carbocycles. The third-order valence-corrected chi connectivity index (χ3v) is 5.03. The molecule has 0 saturated heterocycles. The standard InChI is InChI=1S/C22H15ClN4O/c23-14-9-11-15(12-10-14)27-21(26-17-6-2-1-5-16(17)22(27)28)20-13-24-18-7-3-4-8-19(18)25-20/h1-13,21,26H/t21-/m0/s1. The van der Waals surface area contributed by atoms with Crippen molar-refractivity contribution in [2.75, 3.05) is 10.2 Å². The van der Waals surface area contributed by atoms with Gasteiger partial charge >= 0.3 is 0 Å². The topological polar surface area (TPSA) is 58.1 Å². The summed E-state index contributed by atoms with van der Waals surface area (Å²) in [6, 6.07) is 22.4. The Morgan fingerprint density at radius 2 is 1.61 bits per heavy atom. The first-order valence-corrected chi connectivity index (χ1v) is 9.25. The van der Waals surface area contributed by atoms with Crippen LogP contribution >= 0.6 is 11.6 Å². The van der Waals surface area contributed by atoms with Crippen LogP contribution in [0, 0.1) is 0 Å². The van der Waals surface area contributed by atoms with Crippen LogP contribution in [0.5, 0.6) is 0 Å². The first-order valence-electron chi connectivity index (χ1n) is 8.87. The van der Waals surface area contributed by atoms with Crippen LogP contribution in [0.25, 0.3) is 11.0 Å². The Morgan fingerprint density at radius 3 is 2.43 bits per heavy atom. The molecule has 1 aliphatic heterocycles. The number of para-hydroxylation sites is 3. The van der Waals surface area contributed by atoms with E-state index in [0.717, 1.165) is 22.4 Å². The Labute approximate surface area is 166 Å². The number of hydrogen-bond acceptors (Lipinski definition) is 4. The Bertz CT molecular complexity index is 1190. The fraction of sp³-hybridized carbons (Fsp3) is 0.0455. The number of amides is 1. The number of anilines is 2. The second kappa shape index (κ2) is 6.62. The van der Waals surface area contributed by atoms with E-state index in [0.29, 0.717) is 16.3 Å². The summed E-state index contributed by atoms with van der Waals surface area (Å²) >= 11 is 6.05. The van der Waals surface area contributed by atoms with Crippen LogP contribution in [0.1, 0.15) is 22.2 Å². The number of fused-ring (bicyclic) bond motifs is 2. The minimum Gasteiger partial charge on any atom is -0.359 e. The number of hydrogen-bond donors (Lipinski definition) is 1. The number of rotatable bonds is 2. The fourth-order valence-electron chi connectivity index (χ4n) is 3.43. The fourth-order valence-corrected chi connectivity index (χ4v) is 3.56. The van der Waals surface area contributed by atoms with Crippen molar-refractivity contribution in [2.24, 2.45) is 0 Å². The van der Waals surface area contributed by atoms with Gasteiger partial charge in [-0.25, -0.2) is 4.98 Å². The van der Waals surface area contributed by atoms with Gasteiger partial charge in [0.25, 0.3) is 5.91 Å². The van der Waals surface area contributed by atoms with Crippen molar-refractivity contribution in [1.29, 1.82) is 0 Å². The molecule has 0 spiro atoms. The average Bonchev–Trinajstić information content (AvgIpc) is 2.74. The number of nitrogens with one attached hydrogen (secondary N) is 1. The highest BCUT2D eigenvalue weighted by molar-refractivity contribution is 6.30. The molecule has 1 aromatic heterocycles. The van der Waals surface area contributed by atoms with Gasteiger partial charge in [-0.3, -0.25) is 14.7 Å². The van der Waals surface area contributed by atoms with Gasteiger partial charge in [-0.15, -0.1) is 0 Å². The summed E-state index contributed by atoms with van der Waals surface area (Å²) in [6.45, 7) is 0. The largest absolute Gasteiger partial charge is 0.359 e. The number of benzene rings is 3. The molecule has 136 valence electrons. The first-order chi connectivity index (χ1) is 13.7. The molecule has 5 rings (SSSR count). The van der Waals surface area contributed by atoms with E-state index in [1.807, 2.05) is 60.7 Å². The number of nitrogens with zero attached hydrogens (tertiary/aromatic N) is 3. The van der Waals surface area contributed by atoms with Crippen molar-refractivity contribution in [3.05, 3.63) is 95.3 Å². The predicted octanol–water partition coefficient (Wildman–Crippen LogP) is 5.05. The molecule has 1 N–H and O–H groups in total. The third kappa shape index (κ3) is 2.77. The van der Waals surface area contributed by atoms with E-state index >= 15 is 0 Å². The first kappa shape index (κ1) is 16.7. The van der Waals surface area contributed by atoms with E-state index in [2.05, 4.69) is 10.3 Å². The number of halogens is 1. The molecule has 0 radical (unpaired) electrons. The zero-order chi connectivity index (χ0) is 19.1. The Hall–Kier alpha value is -3.44. The molecule has 0 bridgehead atoms. The van der Waals surface area contributed by atoms with Crippen LogP contribution in [0.4, 0.5) is 11.4 Å². The van der Waals surface area contributed by atoms with E-state index in [-0.39, 0.29) is 5.91 Å². The molecule has 1 amide bonds. The predicted molar refractivity (Wildman–Crippen MR) is 111 cm³/mol. The summed E-state index contributed by atoms with van der Waals surface area (Å²) < 4.78 is 0. The normalized spacial score (nSPS) is 16.0. The van der Waals surface area contributed by atoms with Crippen LogP contribution in [0.2, 0.25) is 5.02 Å². The number of carbonyl (C=O) groups excluding carboxylic acids is 1. The second-order valence-corrected chi connectivity index (χ2v) is 6.96. The highest BCUT2D eigenvalue weighted by Gasteiger charge is 2.35. The lowest BCUT2D eigenvalue weighted by Gasteiger charge is -2.37. The lowest BCUT2D eigenvalue weighted by Crippen LogP contribution is -2.43. The Kier molecular flexibility index (Phi) is 3.95. The molecule has 2 heterocycles. The van der Waals surface area contributed by atoms with Gasteiger partial charge < -0.3 is 5.32 Å². The lowest BCUT2D eigenvalue weighted by molar-refractivity contribution is 0.0974. The van der Waals surface area contributed by atoms with Crippen molar-refractivity contribution in [3.63, 3.8) is 0 Å². The zero-order valence-electron chi connectivity index (χ0n) is 14.7. The van der Waals surface area contributed by atoms with E-state index in [1.165, 1.54) is 0 Å². The van der Waals surface area contributed by atoms with E-state index < -0.39 is 6.17 Å². The van der Waals surface area contributed by atoms with Crippen molar-refractivity contribution in [1.82, 2.24) is 9.97 Å². The quantitative estimate of drug-likeness (QED) is 0.523. The SMILES string of the molecule is O=C1c2ccccc2N[C@H](c2cnc3ccccc3n2)N1c1ccc(Cl)cc1. The summed E-state index contributed by atoms with van der Waals surface area (Å²) in [7, 11) is 0. The maximum absolute atomic E-state index is 13.4. The van der Waals surface area contributed by atoms with Crippen molar-refractivity contribution < 1.29 is 4.79 Å². The summed E-state index contributed by atoms with van der Waals surface area (Å²) in [6.07, 6.45) is 1.23. The molecule has 5 nitrogen and oxygen atoms in total. The summed E-state index contributed by atoms with van der Waals surface area (Å²) in [5.74, 6) is -0.100. The molecule has 0 aliphatic carbocycles. The van der Waals surface area contributed by atoms with Gasteiger partial charge in [0.1, 0.15) is 5.69 Å². The lowest BCUT2D eigenvalue weighted by atomic mass is 10.1. The molecule has 0 fully saturated rings. The smallest absolute Gasteiger partial charge is 0.262 e. The van der Waals surface area contributed by atoms with Gasteiger partial charge in [-0.2, -0.15) is 0 Å². The minimum atomic E-state index is -0.485. The van der Waals surface area contributed by atoms with Crippen molar-refractivity contribution in [2.45, 2.75) is 6.17 Å². The Balaban J connectivity index is 1.67. The molecule has 4 aromatic rings. The monoisotopic (exact) mass is 386 g/mol. The van der Waals surface area contributed by atoms with Gasteiger partial charge in [0, 0.05) is 16.4 Å². The second-order valence-electron chi connectivity index (χ2n) is 6.53. The van der Waals surface area contributed by atoms with Crippen LogP contribution in [-0.2, 0) is 0 Å². The molecular formula is C22H15ClN4O. The van der Waals surface area contributed by atoms with Crippen molar-refractivity contribution in [3.8, 4) is 0 Å². The Morgan fingerprint density at radius 1 is 0.893 bits per heavy atom. The van der Waals surface area contributed by atoms with Gasteiger partial charge in [-0.05, 0) is 48.5 Å². The molecular weight excluding hydrogens is 372 g/mol. The number of carbonyl (C=O) groups is 1. The molecule has 3 aromatic carbocycles. The highest BCUT2D eigenvalue weighted by atomic mass is 35.5. The maximum Gasteiger partial charge on any atom is 0.262 e. The molecule has 0 unspecified atom stereocenters. The van der Waals surface area contributed by atoms with Crippen LogP contribution in [0.15, 0.2) is 79.0 Å². The van der Waals surface area contributed by atoms with Gasteiger partial charge in [-0.1, -0.05) is 35.9 Å². The third-order valence-electron chi connectivity index (χ3n) is 4.78. The van der Waals surface area contributed by atoms with Crippen LogP contribution in [-0.4, -0.2) is 15.9 Å². The van der Waals surface area contributed by atoms with Gasteiger partial charge in [0.2, 0.25) is 0 Å². The van der Waals surface area contributed by atoms with Crippen LogP contribution in [0.3, 0.4) is 0 Å². The van der Waals surface area contributed by atoms with E-state index in [4.69, 9.17) is 16.6 Å². The van der Waals surface area contributed by atoms with E-state index in [1.54, 1.807) is 23.2 Å². The van der Waals surface area contributed by atoms with Gasteiger partial charge in [0.05, 0.1) is 22.8 Å². The summed E-state index contributed by atoms with van der Waals surface area (Å²) in [5, 5.41) is 4.06. The summed E-state index contributed by atoms with van der Waals surface area (Å²) in [4.78, 5) is 24.3. The minimum absolute atomic E-state index is 0.100. The maximum atomic E-state index is 13.4. The molecule has 28 heavy (non-hydrogen) atoms. The zero-order valence-corrected chi connectivity index (χ0v) is 15.5. The molecule has 1 atom stereocenters. The van der Waals surface area contributed by atoms with Crippen molar-refractivity contribution >= 4 is 39.9 Å². The molecule has 1 aliphatic rings. The van der Waals surface area contributed by atoms with Crippen LogP contribution < -0.4 is 10.2 Å². The summed E-state index contributed by atoms with van der Waals surface area (Å²) in [5.41, 5.74) is 4.38. The molecule has 6 heteroatoms. The van der Waals surface area contributed by atoms with Gasteiger partial charge in [0.15, 0.2) is 6.17 Å². The number of aromatic nitrogens is 2. The highest BCUT2D eigenvalue weighted by Crippen LogP contribution is 2.36.